The topological polar surface area (TPSA) is 41.1 Å². The maximum Gasteiger partial charge on any atom is 0.233 e. The molecule has 2 N–H and O–H groups in total. The lowest BCUT2D eigenvalue weighted by Crippen LogP contribution is -2.53. The number of carbonyl (C=O) groups excluding carboxylic acids is 1. The van der Waals surface area contributed by atoms with Gasteiger partial charge in [-0.3, -0.25) is 4.79 Å². The molecule has 3 heteroatoms. The van der Waals surface area contributed by atoms with Gasteiger partial charge < -0.3 is 10.6 Å². The maximum absolute atomic E-state index is 11.4. The zero-order valence-electron chi connectivity index (χ0n) is 10.1. The third-order valence-electron chi connectivity index (χ3n) is 3.46. The van der Waals surface area contributed by atoms with E-state index >= 15 is 0 Å². The van der Waals surface area contributed by atoms with Crippen molar-refractivity contribution in [2.75, 3.05) is 13.1 Å². The van der Waals surface area contributed by atoms with Crippen LogP contribution in [0.5, 0.6) is 0 Å². The minimum atomic E-state index is 0.142. The molecule has 1 fully saturated rings. The van der Waals surface area contributed by atoms with Crippen molar-refractivity contribution in [1.29, 1.82) is 0 Å². The van der Waals surface area contributed by atoms with Gasteiger partial charge in [-0.15, -0.1) is 0 Å². The summed E-state index contributed by atoms with van der Waals surface area (Å²) in [6.45, 7) is 5.62. The van der Waals surface area contributed by atoms with Crippen molar-refractivity contribution in [3.63, 3.8) is 0 Å². The lowest BCUT2D eigenvalue weighted by Gasteiger charge is -2.42. The van der Waals surface area contributed by atoms with Gasteiger partial charge in [0.2, 0.25) is 5.91 Å². The minimum Gasteiger partial charge on any atom is -0.355 e. The minimum absolute atomic E-state index is 0.142. The Labute approximate surface area is 93.0 Å². The molecule has 0 aromatic carbocycles. The normalized spacial score (nSPS) is 18.3. The third kappa shape index (κ3) is 3.82. The highest BCUT2D eigenvalue weighted by molar-refractivity contribution is 5.78. The van der Waals surface area contributed by atoms with Crippen molar-refractivity contribution in [3.05, 3.63) is 0 Å². The van der Waals surface area contributed by atoms with Gasteiger partial charge in [0.05, 0.1) is 6.54 Å². The first kappa shape index (κ1) is 12.5. The number of hydrogen-bond acceptors (Lipinski definition) is 2. The zero-order chi connectivity index (χ0) is 11.1. The predicted molar refractivity (Wildman–Crippen MR) is 62.8 cm³/mol. The molecule has 1 saturated carbocycles. The van der Waals surface area contributed by atoms with Crippen LogP contribution in [0.25, 0.3) is 0 Å². The Balaban J connectivity index is 2.10. The Hall–Kier alpha value is -0.570. The molecule has 1 aliphatic carbocycles. The van der Waals surface area contributed by atoms with Crippen LogP contribution in [0, 0.1) is 0 Å². The van der Waals surface area contributed by atoms with Crippen LogP contribution in [0.2, 0.25) is 0 Å². The van der Waals surface area contributed by atoms with Crippen LogP contribution in [-0.2, 0) is 4.79 Å². The molecule has 0 aromatic heterocycles. The third-order valence-corrected chi connectivity index (χ3v) is 3.46. The molecule has 1 aliphatic rings. The highest BCUT2D eigenvalue weighted by Gasteiger charge is 2.34. The molecule has 0 radical (unpaired) electrons. The van der Waals surface area contributed by atoms with E-state index in [-0.39, 0.29) is 11.4 Å². The van der Waals surface area contributed by atoms with Gasteiger partial charge in [-0.1, -0.05) is 20.3 Å². The summed E-state index contributed by atoms with van der Waals surface area (Å²) >= 11 is 0. The highest BCUT2D eigenvalue weighted by atomic mass is 16.1. The van der Waals surface area contributed by atoms with Crippen LogP contribution in [0.15, 0.2) is 0 Å². The van der Waals surface area contributed by atoms with Crippen LogP contribution >= 0.6 is 0 Å². The van der Waals surface area contributed by atoms with Gasteiger partial charge in [-0.2, -0.15) is 0 Å². The summed E-state index contributed by atoms with van der Waals surface area (Å²) in [7, 11) is 0. The molecule has 15 heavy (non-hydrogen) atoms. The molecule has 1 amide bonds. The zero-order valence-corrected chi connectivity index (χ0v) is 10.1. The lowest BCUT2D eigenvalue weighted by atomic mass is 9.75. The molecule has 0 saturated heterocycles. The average Bonchev–Trinajstić information content (AvgIpc) is 2.17. The van der Waals surface area contributed by atoms with Crippen molar-refractivity contribution in [3.8, 4) is 0 Å². The Morgan fingerprint density at radius 3 is 2.53 bits per heavy atom. The van der Waals surface area contributed by atoms with Gasteiger partial charge in [-0.25, -0.2) is 0 Å². The summed E-state index contributed by atoms with van der Waals surface area (Å²) in [5.41, 5.74) is 0.280. The van der Waals surface area contributed by atoms with E-state index in [4.69, 9.17) is 0 Å². The summed E-state index contributed by atoms with van der Waals surface area (Å²) in [5, 5.41) is 6.32. The van der Waals surface area contributed by atoms with E-state index in [1.54, 1.807) is 0 Å². The Morgan fingerprint density at radius 2 is 2.07 bits per heavy atom. The molecule has 0 bridgehead atoms. The second kappa shape index (κ2) is 6.11. The molecule has 0 heterocycles. The Bertz CT molecular complexity index is 194. The van der Waals surface area contributed by atoms with Gasteiger partial charge in [-0.05, 0) is 32.1 Å². The number of nitrogens with one attached hydrogen (secondary N) is 2. The molecular formula is C12H24N2O. The van der Waals surface area contributed by atoms with Crippen LogP contribution in [0.4, 0.5) is 0 Å². The van der Waals surface area contributed by atoms with Gasteiger partial charge >= 0.3 is 0 Å². The van der Waals surface area contributed by atoms with E-state index in [1.807, 2.05) is 0 Å². The Morgan fingerprint density at radius 1 is 1.33 bits per heavy atom. The fourth-order valence-corrected chi connectivity index (χ4v) is 1.99. The fraction of sp³-hybridized carbons (Fsp3) is 0.917. The second-order valence-corrected chi connectivity index (χ2v) is 4.54. The van der Waals surface area contributed by atoms with Gasteiger partial charge in [0.15, 0.2) is 0 Å². The largest absolute Gasteiger partial charge is 0.355 e. The maximum atomic E-state index is 11.4. The standard InChI is InChI=1S/C12H24N2O/c1-3-5-9-13-11(15)10-14-12(4-2)7-6-8-12/h14H,3-10H2,1-2H3,(H,13,15). The van der Waals surface area contributed by atoms with E-state index in [2.05, 4.69) is 24.5 Å². The molecule has 88 valence electrons. The first-order valence-electron chi connectivity index (χ1n) is 6.24. The molecule has 0 aliphatic heterocycles. The first-order chi connectivity index (χ1) is 7.22. The second-order valence-electron chi connectivity index (χ2n) is 4.54. The van der Waals surface area contributed by atoms with Gasteiger partial charge in [0.1, 0.15) is 0 Å². The number of rotatable bonds is 7. The number of unbranched alkanes of at least 4 members (excludes halogenated alkanes) is 1. The predicted octanol–water partition coefficient (Wildman–Crippen LogP) is 1.82. The van der Waals surface area contributed by atoms with Crippen molar-refractivity contribution in [2.45, 2.75) is 57.9 Å². The summed E-state index contributed by atoms with van der Waals surface area (Å²) in [4.78, 5) is 11.4. The summed E-state index contributed by atoms with van der Waals surface area (Å²) < 4.78 is 0. The quantitative estimate of drug-likeness (QED) is 0.632. The van der Waals surface area contributed by atoms with Gasteiger partial charge in [0, 0.05) is 12.1 Å². The molecule has 3 nitrogen and oxygen atoms in total. The van der Waals surface area contributed by atoms with Crippen LogP contribution in [0.3, 0.4) is 0 Å². The van der Waals surface area contributed by atoms with Crippen molar-refractivity contribution in [1.82, 2.24) is 10.6 Å². The summed E-state index contributed by atoms with van der Waals surface area (Å²) in [6, 6.07) is 0. The van der Waals surface area contributed by atoms with E-state index in [9.17, 15) is 4.79 Å². The first-order valence-corrected chi connectivity index (χ1v) is 6.24. The molecule has 0 unspecified atom stereocenters. The van der Waals surface area contributed by atoms with E-state index < -0.39 is 0 Å². The van der Waals surface area contributed by atoms with Crippen LogP contribution in [0.1, 0.15) is 52.4 Å². The highest BCUT2D eigenvalue weighted by Crippen LogP contribution is 2.34. The van der Waals surface area contributed by atoms with Crippen molar-refractivity contribution >= 4 is 5.91 Å². The van der Waals surface area contributed by atoms with E-state index in [0.717, 1.165) is 25.8 Å². The molecular weight excluding hydrogens is 188 g/mol. The monoisotopic (exact) mass is 212 g/mol. The molecule has 0 spiro atoms. The summed E-state index contributed by atoms with van der Waals surface area (Å²) in [6.07, 6.45) is 7.10. The average molecular weight is 212 g/mol. The fourth-order valence-electron chi connectivity index (χ4n) is 1.99. The van der Waals surface area contributed by atoms with Gasteiger partial charge in [0.25, 0.3) is 0 Å². The number of hydrogen-bond donors (Lipinski definition) is 2. The van der Waals surface area contributed by atoms with E-state index in [0.29, 0.717) is 6.54 Å². The lowest BCUT2D eigenvalue weighted by molar-refractivity contribution is -0.120. The molecule has 0 aromatic rings. The van der Waals surface area contributed by atoms with Crippen molar-refractivity contribution < 1.29 is 4.79 Å². The molecule has 1 rings (SSSR count). The number of amides is 1. The van der Waals surface area contributed by atoms with Crippen LogP contribution in [-0.4, -0.2) is 24.5 Å². The number of carbonyl (C=O) groups is 1. The van der Waals surface area contributed by atoms with Crippen LogP contribution < -0.4 is 10.6 Å². The van der Waals surface area contributed by atoms with Crippen molar-refractivity contribution in [2.24, 2.45) is 0 Å². The van der Waals surface area contributed by atoms with E-state index in [1.165, 1.54) is 19.3 Å². The summed E-state index contributed by atoms with van der Waals surface area (Å²) in [5.74, 6) is 0.142. The Kier molecular flexibility index (Phi) is 5.09. The SMILES string of the molecule is CCCCNC(=O)CNC1(CC)CCC1. The smallest absolute Gasteiger partial charge is 0.233 e. The molecule has 0 atom stereocenters.